The summed E-state index contributed by atoms with van der Waals surface area (Å²) in [6.07, 6.45) is 0. The number of fused-ring (bicyclic) bond motifs is 24. The predicted molar refractivity (Wildman–Crippen MR) is 474 cm³/mol. The van der Waals surface area contributed by atoms with Gasteiger partial charge >= 0.3 is 0 Å². The van der Waals surface area contributed by atoms with E-state index in [0.717, 1.165) is 0 Å². The fourth-order valence-corrected chi connectivity index (χ4v) is 17.3. The molecular weight excluding hydrogens is 1340 g/mol. The van der Waals surface area contributed by atoms with Gasteiger partial charge in [0.1, 0.15) is 0 Å². The van der Waals surface area contributed by atoms with Gasteiger partial charge < -0.3 is 18.3 Å². The Labute approximate surface area is 684 Å². The first kappa shape index (κ1) is 40.3. The van der Waals surface area contributed by atoms with Crippen molar-refractivity contribution in [3.63, 3.8) is 0 Å². The Morgan fingerprint density at radius 3 is 1.01 bits per heavy atom. The number of nitrogens with zero attached hydrogens (tertiary/aromatic N) is 4. The van der Waals surface area contributed by atoms with Gasteiger partial charge in [0.05, 0.1) is 96.6 Å². The van der Waals surface area contributed by atoms with Crippen molar-refractivity contribution in [3.05, 3.63) is 381 Å². The highest BCUT2D eigenvalue weighted by Gasteiger charge is 2.42. The normalized spacial score (nSPS) is 16.2. The van der Waals surface area contributed by atoms with E-state index in [4.69, 9.17) is 8.22 Å². The van der Waals surface area contributed by atoms with Crippen LogP contribution in [0.2, 0.25) is 0 Å². The molecule has 0 fully saturated rings. The van der Waals surface area contributed by atoms with E-state index in [9.17, 15) is 32.9 Å². The molecule has 21 aromatic rings. The fourth-order valence-electron chi connectivity index (χ4n) is 17.3. The summed E-state index contributed by atoms with van der Waals surface area (Å²) in [5, 5.41) is 2.20. The van der Waals surface area contributed by atoms with E-state index in [0.29, 0.717) is 76.4 Å². The molecule has 0 spiro atoms. The number of hydrogen-bond acceptors (Lipinski definition) is 0. The molecule has 4 nitrogen and oxygen atoms in total. The lowest BCUT2D eigenvalue weighted by Crippen LogP contribution is -2.60. The quantitative estimate of drug-likeness (QED) is 0.148. The van der Waals surface area contributed by atoms with Crippen LogP contribution in [0.3, 0.4) is 0 Å². The van der Waals surface area contributed by atoms with E-state index in [1.54, 1.807) is 36.4 Å². The first-order valence-electron chi connectivity index (χ1n) is 51.4. The van der Waals surface area contributed by atoms with Crippen LogP contribution >= 0.6 is 0 Å². The number of hydrogen-bond donors (Lipinski definition) is 0. The molecule has 4 aromatic heterocycles. The summed E-state index contributed by atoms with van der Waals surface area (Å²) < 4.78 is 311. The first-order chi connectivity index (χ1) is 67.3. The molecule has 2 aliphatic rings. The van der Waals surface area contributed by atoms with E-state index in [1.165, 1.54) is 9.13 Å². The van der Waals surface area contributed by atoms with Gasteiger partial charge in [-0.15, -0.1) is 0 Å². The average molecular weight is 1440 g/mol. The second kappa shape index (κ2) is 24.3. The third-order valence-corrected chi connectivity index (χ3v) is 22.0. The molecule has 0 N–H and O–H groups in total. The SMILES string of the molecule is [2H]c1c([2H])c([2H])c(-c2c([2H])c([2H])c3c(c2[2H])c2c([2H])c([2H])c([2H])c([2H])c2n3-c2c([2H])c([2H])c3c4c2c2ccccc2c2ccccc2c2cccc(-c5ccccc5)c2n4-c2c([2H])c(C(C)(C)C)c([2H])c4c2B3c2c([2H])c([2H])c(-n3c5c([2H])c([2H])c([2H])c([2H])c5c5c([2H])c(-c6c([2H])c([2H])c([2H])c([2H])c6[2H])c([2H])c([2H])c53)c3c5ccccc5c5ccccc5c5cccc(-c6ccccc6)c5n-4c23)c([2H])c1[2H]. The molecule has 23 rings (SSSR count). The van der Waals surface area contributed by atoms with Crippen molar-refractivity contribution in [2.24, 2.45) is 0 Å². The minimum Gasteiger partial charge on any atom is -0.309 e. The Kier molecular flexibility index (Phi) is 8.80. The monoisotopic (exact) mass is 1440 g/mol. The number of aromatic nitrogens is 4. The van der Waals surface area contributed by atoms with Gasteiger partial charge in [-0.1, -0.05) is 336 Å². The van der Waals surface area contributed by atoms with Crippen molar-refractivity contribution < 1.29 is 41.1 Å². The summed E-state index contributed by atoms with van der Waals surface area (Å²) in [4.78, 5) is 0. The highest BCUT2D eigenvalue weighted by atomic mass is 15.1. The molecule has 6 heterocycles. The lowest BCUT2D eigenvalue weighted by Gasteiger charge is -2.38. The van der Waals surface area contributed by atoms with Gasteiger partial charge in [-0.3, -0.25) is 0 Å². The highest BCUT2D eigenvalue weighted by Crippen LogP contribution is 2.49. The molecule has 5 heteroatoms. The van der Waals surface area contributed by atoms with Crippen LogP contribution in [0, 0.1) is 0 Å². The van der Waals surface area contributed by atoms with E-state index in [2.05, 4.69) is 0 Å². The zero-order valence-electron chi connectivity index (χ0n) is 89.3. The molecule has 0 atom stereocenters. The minimum absolute atomic E-state index is 0.0237. The van der Waals surface area contributed by atoms with Crippen molar-refractivity contribution >= 4 is 153 Å². The van der Waals surface area contributed by atoms with Crippen molar-refractivity contribution in [3.8, 4) is 67.3 Å². The lowest BCUT2D eigenvalue weighted by molar-refractivity contribution is 0.589. The number of para-hydroxylation sites is 4. The van der Waals surface area contributed by atoms with Crippen molar-refractivity contribution in [2.75, 3.05) is 0 Å². The molecule has 0 saturated heterocycles. The maximum Gasteiger partial charge on any atom is 0.252 e. The van der Waals surface area contributed by atoms with Crippen molar-refractivity contribution in [1.82, 2.24) is 18.3 Å². The maximum absolute atomic E-state index is 12.0. The van der Waals surface area contributed by atoms with Crippen LogP contribution in [-0.4, -0.2) is 25.0 Å². The molecule has 518 valence electrons. The van der Waals surface area contributed by atoms with Gasteiger partial charge in [-0.05, 0) is 164 Å². The summed E-state index contributed by atoms with van der Waals surface area (Å²) in [5.41, 5.74) is -4.82. The van der Waals surface area contributed by atoms with Crippen LogP contribution in [-0.2, 0) is 5.41 Å². The molecule has 0 saturated carbocycles. The Morgan fingerprint density at radius 2 is 0.595 bits per heavy atom. The lowest BCUT2D eigenvalue weighted by atomic mass is 9.34. The van der Waals surface area contributed by atoms with Crippen LogP contribution in [0.5, 0.6) is 0 Å². The van der Waals surface area contributed by atoms with E-state index >= 15 is 0 Å². The van der Waals surface area contributed by atoms with Crippen LogP contribution in [0.25, 0.3) is 198 Å². The van der Waals surface area contributed by atoms with Gasteiger partial charge in [-0.2, -0.15) is 0 Å². The van der Waals surface area contributed by atoms with Crippen LogP contribution in [0.4, 0.5) is 0 Å². The van der Waals surface area contributed by atoms with E-state index in [-0.39, 0.29) is 78.0 Å². The standard InChI is InChI=1S/C106H71BN4/c1-106(2,3)72-64-97-101-98(65-72)111-103-74(69-36-14-7-15-37-69)49-29-51-86(103)80-43-19-17-39-76(80)78-41-21-23-47-84(78)100-96(109-92-53-27-25-45-82(92)88-63-71(55-59-94(88)109)67-32-10-5-11-33-67)61-57-90(105(100)111)107(101)89-56-60-95(108-91-52-26-24-44-81(91)87-62-70(54-58-93(87)108)66-30-8-4-9-31-66)99-83-46-22-20-40-77(83)75-38-16-18-42-79(75)85-50-28-48-73(68-34-12-6-13-35-68)102(85)110(97)104(89)99/h4-65H,1-3H3/i4D,5D,8D,9D,10D,11D,24D,25D,26D,27D,30D,31D,32D,33D,44D,45D,52D,53D,54D,55D,56D,57D,58D,59D,60D,61D,62D,63D,64D,65D. The molecule has 0 unspecified atom stereocenters. The smallest absolute Gasteiger partial charge is 0.252 e. The molecule has 17 aromatic carbocycles. The topological polar surface area (TPSA) is 19.7 Å². The van der Waals surface area contributed by atoms with Gasteiger partial charge in [0.2, 0.25) is 0 Å². The molecule has 0 aliphatic carbocycles. The summed E-state index contributed by atoms with van der Waals surface area (Å²) in [7, 11) is 0. The minimum atomic E-state index is -1.88. The van der Waals surface area contributed by atoms with Crippen molar-refractivity contribution in [2.45, 2.75) is 26.2 Å². The summed E-state index contributed by atoms with van der Waals surface area (Å²) in [6, 6.07) is 35.0. The molecule has 0 bridgehead atoms. The van der Waals surface area contributed by atoms with Gasteiger partial charge in [-0.25, -0.2) is 0 Å². The number of rotatable bonds is 6. The van der Waals surface area contributed by atoms with Crippen molar-refractivity contribution in [1.29, 1.82) is 0 Å². The third kappa shape index (κ3) is 9.30. The highest BCUT2D eigenvalue weighted by molar-refractivity contribution is 7.00. The maximum atomic E-state index is 12.0. The zero-order valence-corrected chi connectivity index (χ0v) is 59.3. The molecule has 0 amide bonds. The zero-order chi connectivity index (χ0) is 99.4. The fraction of sp³-hybridized carbons (Fsp3) is 0.0377. The predicted octanol–water partition coefficient (Wildman–Crippen LogP) is 26.0. The summed E-state index contributed by atoms with van der Waals surface area (Å²) in [5.74, 6) is 0. The molecule has 111 heavy (non-hydrogen) atoms. The molecule has 0 radical (unpaired) electrons. The largest absolute Gasteiger partial charge is 0.309 e. The second-order valence-electron chi connectivity index (χ2n) is 28.9. The van der Waals surface area contributed by atoms with Gasteiger partial charge in [0, 0.05) is 65.6 Å². The average Bonchev–Trinajstić information content (AvgIpc) is 1.64. The number of benzene rings is 17. The first-order valence-corrected chi connectivity index (χ1v) is 36.4. The Bertz CT molecular complexity index is 9080. The summed E-state index contributed by atoms with van der Waals surface area (Å²) in [6.45, 7) is 3.67. The Hall–Kier alpha value is -14.0. The Balaban J connectivity index is 1.07. The van der Waals surface area contributed by atoms with Gasteiger partial charge in [0.25, 0.3) is 6.71 Å². The van der Waals surface area contributed by atoms with Crippen LogP contribution < -0.4 is 16.4 Å². The summed E-state index contributed by atoms with van der Waals surface area (Å²) >= 11 is 0. The second-order valence-corrected chi connectivity index (χ2v) is 28.9. The van der Waals surface area contributed by atoms with Crippen LogP contribution in [0.1, 0.15) is 67.5 Å². The van der Waals surface area contributed by atoms with E-state index < -0.39 is 259 Å². The third-order valence-electron chi connectivity index (χ3n) is 22.0. The molecular formula is C106H71BN4. The Morgan fingerprint density at radius 1 is 0.243 bits per heavy atom. The van der Waals surface area contributed by atoms with E-state index in [1.807, 2.05) is 188 Å². The van der Waals surface area contributed by atoms with Gasteiger partial charge in [0.15, 0.2) is 0 Å². The molecule has 2 aliphatic heterocycles. The van der Waals surface area contributed by atoms with Crippen LogP contribution in [0.15, 0.2) is 375 Å².